The number of aliphatic hydroxyl groups is 2. The molecule has 1 aromatic heterocycles. The largest absolute Gasteiger partial charge is 0.477 e. The molecule has 2 aromatic rings. The third kappa shape index (κ3) is 2.70. The molecule has 1 aromatic carbocycles. The van der Waals surface area contributed by atoms with Crippen LogP contribution in [0.25, 0.3) is 10.9 Å². The van der Waals surface area contributed by atoms with E-state index in [0.717, 1.165) is 38.2 Å². The van der Waals surface area contributed by atoms with Gasteiger partial charge >= 0.3 is 5.97 Å². The van der Waals surface area contributed by atoms with Gasteiger partial charge in [-0.2, -0.15) is 0 Å². The van der Waals surface area contributed by atoms with E-state index in [1.54, 1.807) is 6.92 Å². The molecule has 5 rings (SSSR count). The van der Waals surface area contributed by atoms with E-state index in [0.29, 0.717) is 29.9 Å². The van der Waals surface area contributed by atoms with E-state index in [-0.39, 0.29) is 30.2 Å². The van der Waals surface area contributed by atoms with Gasteiger partial charge in [0.05, 0.1) is 24.4 Å². The molecular formula is C23H27FN2O5. The maximum absolute atomic E-state index is 15.5. The highest BCUT2D eigenvalue weighted by Crippen LogP contribution is 2.58. The monoisotopic (exact) mass is 430 g/mol. The van der Waals surface area contributed by atoms with E-state index < -0.39 is 28.0 Å². The molecule has 3 aliphatic rings. The first kappa shape index (κ1) is 20.5. The number of nitrogens with zero attached hydrogens (tertiary/aromatic N) is 2. The zero-order chi connectivity index (χ0) is 22.1. The van der Waals surface area contributed by atoms with Gasteiger partial charge in [0.2, 0.25) is 5.43 Å². The number of aromatic carboxylic acids is 1. The molecule has 2 unspecified atom stereocenters. The number of carboxylic acids is 1. The smallest absolute Gasteiger partial charge is 0.341 e. The number of hydrogen-bond acceptors (Lipinski definition) is 5. The molecule has 3 N–H and O–H groups in total. The minimum Gasteiger partial charge on any atom is -0.477 e. The molecule has 8 heteroatoms. The predicted octanol–water partition coefficient (Wildman–Crippen LogP) is 2.44. The summed E-state index contributed by atoms with van der Waals surface area (Å²) >= 11 is 0. The van der Waals surface area contributed by atoms with Crippen LogP contribution in [-0.4, -0.2) is 52.2 Å². The van der Waals surface area contributed by atoms with Crippen LogP contribution in [0.3, 0.4) is 0 Å². The Bertz CT molecular complexity index is 1140. The highest BCUT2D eigenvalue weighted by atomic mass is 19.1. The highest BCUT2D eigenvalue weighted by Gasteiger charge is 2.60. The SMILES string of the molecule is Cc1c(N2CC3(CO)CCCC3(CO)C2)c(F)cc2c(=O)c(C(=O)O)cn(C3CC3)c12. The number of fused-ring (bicyclic) bond motifs is 2. The summed E-state index contributed by atoms with van der Waals surface area (Å²) in [4.78, 5) is 26.3. The van der Waals surface area contributed by atoms with E-state index in [9.17, 15) is 24.9 Å². The maximum atomic E-state index is 15.5. The van der Waals surface area contributed by atoms with Crippen molar-refractivity contribution in [3.8, 4) is 0 Å². The van der Waals surface area contributed by atoms with Gasteiger partial charge in [-0.25, -0.2) is 9.18 Å². The Morgan fingerprint density at radius 3 is 2.32 bits per heavy atom. The third-order valence-corrected chi connectivity index (χ3v) is 7.99. The van der Waals surface area contributed by atoms with Crippen molar-refractivity contribution in [2.45, 2.75) is 45.1 Å². The van der Waals surface area contributed by atoms with Gasteiger partial charge in [-0.15, -0.1) is 0 Å². The average Bonchev–Trinajstić information content (AvgIpc) is 3.44. The molecule has 0 spiro atoms. The van der Waals surface area contributed by atoms with E-state index in [1.165, 1.54) is 6.20 Å². The zero-order valence-electron chi connectivity index (χ0n) is 17.5. The van der Waals surface area contributed by atoms with E-state index in [1.807, 2.05) is 9.47 Å². The number of carbonyl (C=O) groups is 1. The number of carboxylic acid groups (broad SMARTS) is 1. The maximum Gasteiger partial charge on any atom is 0.341 e. The van der Waals surface area contributed by atoms with Crippen LogP contribution in [0.15, 0.2) is 17.1 Å². The van der Waals surface area contributed by atoms with E-state index >= 15 is 4.39 Å². The van der Waals surface area contributed by atoms with Crippen molar-refractivity contribution in [3.05, 3.63) is 39.4 Å². The quantitative estimate of drug-likeness (QED) is 0.673. The first-order valence-electron chi connectivity index (χ1n) is 10.9. The standard InChI is InChI=1S/C23H27FN2O5/c1-13-18-15(20(29)16(21(30)31)8-26(18)14-3-4-14)7-17(24)19(13)25-9-22(11-27)5-2-6-23(22,10-25)12-28/h7-8,14,27-28H,2-6,9-12H2,1H3,(H,30,31). The molecule has 0 radical (unpaired) electrons. The van der Waals surface area contributed by atoms with Crippen molar-refractivity contribution in [2.24, 2.45) is 10.8 Å². The number of pyridine rings is 1. The lowest BCUT2D eigenvalue weighted by molar-refractivity contribution is 0.00976. The van der Waals surface area contributed by atoms with Crippen LogP contribution in [0.1, 0.15) is 54.1 Å². The molecule has 0 amide bonds. The van der Waals surface area contributed by atoms with Crippen molar-refractivity contribution in [2.75, 3.05) is 31.2 Å². The Morgan fingerprint density at radius 1 is 1.19 bits per heavy atom. The Balaban J connectivity index is 1.71. The van der Waals surface area contributed by atoms with Crippen LogP contribution in [0.2, 0.25) is 0 Å². The number of anilines is 1. The molecule has 31 heavy (non-hydrogen) atoms. The molecule has 7 nitrogen and oxygen atoms in total. The molecule has 166 valence electrons. The lowest BCUT2D eigenvalue weighted by atomic mass is 9.69. The second kappa shape index (κ2) is 6.77. The molecule has 1 saturated heterocycles. The molecular weight excluding hydrogens is 403 g/mol. The number of aromatic nitrogens is 1. The van der Waals surface area contributed by atoms with Gasteiger partial charge in [0, 0.05) is 41.5 Å². The average molecular weight is 430 g/mol. The summed E-state index contributed by atoms with van der Waals surface area (Å²) < 4.78 is 17.3. The Morgan fingerprint density at radius 2 is 1.81 bits per heavy atom. The fourth-order valence-corrected chi connectivity index (χ4v) is 6.18. The van der Waals surface area contributed by atoms with Crippen LogP contribution in [0.5, 0.6) is 0 Å². The van der Waals surface area contributed by atoms with Crippen LogP contribution >= 0.6 is 0 Å². The molecule has 2 heterocycles. The molecule has 2 atom stereocenters. The predicted molar refractivity (Wildman–Crippen MR) is 113 cm³/mol. The summed E-state index contributed by atoms with van der Waals surface area (Å²) in [6.45, 7) is 2.52. The lowest BCUT2D eigenvalue weighted by Crippen LogP contribution is -2.41. The summed E-state index contributed by atoms with van der Waals surface area (Å²) in [6.07, 6.45) is 5.64. The first-order valence-corrected chi connectivity index (χ1v) is 10.9. The van der Waals surface area contributed by atoms with Crippen molar-refractivity contribution < 1.29 is 24.5 Å². The van der Waals surface area contributed by atoms with Crippen LogP contribution in [-0.2, 0) is 0 Å². The van der Waals surface area contributed by atoms with Crippen molar-refractivity contribution in [1.29, 1.82) is 0 Å². The molecule has 2 saturated carbocycles. The fraction of sp³-hybridized carbons (Fsp3) is 0.565. The van der Waals surface area contributed by atoms with Crippen LogP contribution in [0, 0.1) is 23.6 Å². The summed E-state index contributed by atoms with van der Waals surface area (Å²) in [5, 5.41) is 30.0. The number of rotatable bonds is 5. The van der Waals surface area contributed by atoms with Gasteiger partial charge in [-0.3, -0.25) is 4.79 Å². The summed E-state index contributed by atoms with van der Waals surface area (Å²) in [6, 6.07) is 1.26. The number of halogens is 1. The van der Waals surface area contributed by atoms with E-state index in [4.69, 9.17) is 0 Å². The van der Waals surface area contributed by atoms with Crippen molar-refractivity contribution >= 4 is 22.6 Å². The zero-order valence-corrected chi connectivity index (χ0v) is 17.5. The number of benzene rings is 1. The van der Waals surface area contributed by atoms with Crippen LogP contribution < -0.4 is 10.3 Å². The van der Waals surface area contributed by atoms with Gasteiger partial charge in [-0.1, -0.05) is 6.42 Å². The Kier molecular flexibility index (Phi) is 4.47. The molecule has 2 aliphatic carbocycles. The highest BCUT2D eigenvalue weighted by molar-refractivity contribution is 5.95. The minimum absolute atomic E-state index is 0.0624. The first-order chi connectivity index (χ1) is 14.8. The van der Waals surface area contributed by atoms with Gasteiger partial charge in [0.25, 0.3) is 0 Å². The molecule has 1 aliphatic heterocycles. The number of hydrogen-bond donors (Lipinski definition) is 3. The molecule has 3 fully saturated rings. The lowest BCUT2D eigenvalue weighted by Gasteiger charge is -2.36. The number of aliphatic hydroxyl groups excluding tert-OH is 2. The third-order valence-electron chi connectivity index (χ3n) is 7.99. The molecule has 0 bridgehead atoms. The Hall–Kier alpha value is -2.45. The number of aryl methyl sites for hydroxylation is 1. The second-order valence-corrected chi connectivity index (χ2v) is 9.63. The minimum atomic E-state index is -1.31. The van der Waals surface area contributed by atoms with Gasteiger partial charge in [0.1, 0.15) is 11.4 Å². The topological polar surface area (TPSA) is 103 Å². The summed E-state index contributed by atoms with van der Waals surface area (Å²) in [7, 11) is 0. The Labute approximate surface area is 178 Å². The van der Waals surface area contributed by atoms with Gasteiger partial charge in [0.15, 0.2) is 0 Å². The van der Waals surface area contributed by atoms with Crippen molar-refractivity contribution in [1.82, 2.24) is 4.57 Å². The van der Waals surface area contributed by atoms with Crippen LogP contribution in [0.4, 0.5) is 10.1 Å². The van der Waals surface area contributed by atoms with Crippen molar-refractivity contribution in [3.63, 3.8) is 0 Å². The fourth-order valence-electron chi connectivity index (χ4n) is 6.18. The van der Waals surface area contributed by atoms with Gasteiger partial charge < -0.3 is 24.8 Å². The summed E-state index contributed by atoms with van der Waals surface area (Å²) in [5.41, 5.74) is -0.429. The normalized spacial score (nSPS) is 27.8. The van der Waals surface area contributed by atoms with Gasteiger partial charge in [-0.05, 0) is 44.2 Å². The van der Waals surface area contributed by atoms with E-state index in [2.05, 4.69) is 0 Å². The second-order valence-electron chi connectivity index (χ2n) is 9.63. The summed E-state index contributed by atoms with van der Waals surface area (Å²) in [5.74, 6) is -1.89.